The SMILES string of the molecule is Cc1ccccc1CC(=O)NCCBr. The van der Waals surface area contributed by atoms with Crippen molar-refractivity contribution in [3.63, 3.8) is 0 Å². The predicted octanol–water partition coefficient (Wildman–Crippen LogP) is 2.05. The molecule has 14 heavy (non-hydrogen) atoms. The van der Waals surface area contributed by atoms with Crippen molar-refractivity contribution in [1.29, 1.82) is 0 Å². The van der Waals surface area contributed by atoms with Crippen molar-refractivity contribution in [2.24, 2.45) is 0 Å². The predicted molar refractivity (Wildman–Crippen MR) is 61.7 cm³/mol. The third kappa shape index (κ3) is 3.50. The fourth-order valence-electron chi connectivity index (χ4n) is 1.23. The standard InChI is InChI=1S/C11H14BrNO/c1-9-4-2-3-5-10(9)8-11(14)13-7-6-12/h2-5H,6-8H2,1H3,(H,13,14). The number of aryl methyl sites for hydroxylation is 1. The van der Waals surface area contributed by atoms with Crippen LogP contribution in [0.15, 0.2) is 24.3 Å². The van der Waals surface area contributed by atoms with Crippen LogP contribution in [0.4, 0.5) is 0 Å². The number of amides is 1. The first-order chi connectivity index (χ1) is 6.74. The molecular formula is C11H14BrNO. The van der Waals surface area contributed by atoms with Crippen molar-refractivity contribution >= 4 is 21.8 Å². The van der Waals surface area contributed by atoms with Gasteiger partial charge in [0.15, 0.2) is 0 Å². The lowest BCUT2D eigenvalue weighted by Crippen LogP contribution is -2.26. The molecule has 0 aliphatic heterocycles. The first-order valence-corrected chi connectivity index (χ1v) is 5.73. The number of nitrogens with one attached hydrogen (secondary N) is 1. The number of rotatable bonds is 4. The molecule has 1 aromatic rings. The average Bonchev–Trinajstić information content (AvgIpc) is 2.18. The van der Waals surface area contributed by atoms with Gasteiger partial charge in [-0.05, 0) is 18.1 Å². The van der Waals surface area contributed by atoms with Gasteiger partial charge in [-0.1, -0.05) is 40.2 Å². The minimum atomic E-state index is 0.0822. The molecule has 0 aliphatic rings. The van der Waals surface area contributed by atoms with Gasteiger partial charge in [0.1, 0.15) is 0 Å². The zero-order valence-electron chi connectivity index (χ0n) is 8.22. The maximum absolute atomic E-state index is 11.4. The molecule has 0 aromatic heterocycles. The third-order valence-corrected chi connectivity index (χ3v) is 2.43. The summed E-state index contributed by atoms with van der Waals surface area (Å²) in [7, 11) is 0. The Morgan fingerprint density at radius 3 is 2.79 bits per heavy atom. The Morgan fingerprint density at radius 1 is 1.43 bits per heavy atom. The Labute approximate surface area is 92.8 Å². The van der Waals surface area contributed by atoms with Gasteiger partial charge in [0.2, 0.25) is 5.91 Å². The molecule has 0 unspecified atom stereocenters. The van der Waals surface area contributed by atoms with Crippen LogP contribution in [-0.4, -0.2) is 17.8 Å². The molecule has 0 saturated heterocycles. The Kier molecular flexibility index (Phi) is 4.66. The smallest absolute Gasteiger partial charge is 0.224 e. The van der Waals surface area contributed by atoms with E-state index in [0.717, 1.165) is 10.9 Å². The minimum Gasteiger partial charge on any atom is -0.355 e. The van der Waals surface area contributed by atoms with Crippen LogP contribution in [0, 0.1) is 6.92 Å². The van der Waals surface area contributed by atoms with E-state index in [-0.39, 0.29) is 5.91 Å². The lowest BCUT2D eigenvalue weighted by molar-refractivity contribution is -0.120. The molecular weight excluding hydrogens is 242 g/mol. The van der Waals surface area contributed by atoms with Crippen molar-refractivity contribution in [3.05, 3.63) is 35.4 Å². The fraction of sp³-hybridized carbons (Fsp3) is 0.364. The molecule has 0 radical (unpaired) electrons. The second-order valence-corrected chi connectivity index (χ2v) is 3.94. The number of carbonyl (C=O) groups is 1. The summed E-state index contributed by atoms with van der Waals surface area (Å²) in [6.07, 6.45) is 0.472. The van der Waals surface area contributed by atoms with Crippen LogP contribution in [0.25, 0.3) is 0 Å². The van der Waals surface area contributed by atoms with Crippen LogP contribution in [0.1, 0.15) is 11.1 Å². The Balaban J connectivity index is 2.52. The van der Waals surface area contributed by atoms with Crippen LogP contribution >= 0.6 is 15.9 Å². The topological polar surface area (TPSA) is 29.1 Å². The lowest BCUT2D eigenvalue weighted by Gasteiger charge is -2.05. The number of carbonyl (C=O) groups excluding carboxylic acids is 1. The lowest BCUT2D eigenvalue weighted by atomic mass is 10.1. The summed E-state index contributed by atoms with van der Waals surface area (Å²) in [4.78, 5) is 11.4. The van der Waals surface area contributed by atoms with E-state index in [1.54, 1.807) is 0 Å². The summed E-state index contributed by atoms with van der Waals surface area (Å²) in [5.41, 5.74) is 2.26. The summed E-state index contributed by atoms with van der Waals surface area (Å²) in [5.74, 6) is 0.0822. The Morgan fingerprint density at radius 2 is 2.14 bits per heavy atom. The summed E-state index contributed by atoms with van der Waals surface area (Å²) in [5, 5.41) is 3.62. The molecule has 1 rings (SSSR count). The molecule has 0 aliphatic carbocycles. The van der Waals surface area contributed by atoms with Crippen LogP contribution in [0.2, 0.25) is 0 Å². The van der Waals surface area contributed by atoms with Crippen molar-refractivity contribution in [2.45, 2.75) is 13.3 Å². The summed E-state index contributed by atoms with van der Waals surface area (Å²) >= 11 is 3.26. The van der Waals surface area contributed by atoms with Gasteiger partial charge in [-0.15, -0.1) is 0 Å². The van der Waals surface area contributed by atoms with Gasteiger partial charge >= 0.3 is 0 Å². The number of alkyl halides is 1. The van der Waals surface area contributed by atoms with Gasteiger partial charge in [-0.25, -0.2) is 0 Å². The van der Waals surface area contributed by atoms with E-state index in [1.165, 1.54) is 5.56 Å². The van der Waals surface area contributed by atoms with Crippen molar-refractivity contribution in [1.82, 2.24) is 5.32 Å². The van der Waals surface area contributed by atoms with Gasteiger partial charge in [0.05, 0.1) is 6.42 Å². The van der Waals surface area contributed by atoms with E-state index in [2.05, 4.69) is 21.2 Å². The van der Waals surface area contributed by atoms with Crippen LogP contribution < -0.4 is 5.32 Å². The molecule has 1 aromatic carbocycles. The molecule has 0 spiro atoms. The third-order valence-electron chi connectivity index (χ3n) is 2.03. The highest BCUT2D eigenvalue weighted by molar-refractivity contribution is 9.09. The zero-order valence-corrected chi connectivity index (χ0v) is 9.80. The van der Waals surface area contributed by atoms with Gasteiger partial charge in [-0.3, -0.25) is 4.79 Å². The van der Waals surface area contributed by atoms with Gasteiger partial charge in [0.25, 0.3) is 0 Å². The molecule has 2 nitrogen and oxygen atoms in total. The minimum absolute atomic E-state index is 0.0822. The first-order valence-electron chi connectivity index (χ1n) is 4.61. The van der Waals surface area contributed by atoms with E-state index in [4.69, 9.17) is 0 Å². The van der Waals surface area contributed by atoms with Gasteiger partial charge in [-0.2, -0.15) is 0 Å². The average molecular weight is 256 g/mol. The van der Waals surface area contributed by atoms with Crippen molar-refractivity contribution < 1.29 is 4.79 Å². The largest absolute Gasteiger partial charge is 0.355 e. The molecule has 3 heteroatoms. The normalized spacial score (nSPS) is 9.86. The molecule has 76 valence electrons. The number of hydrogen-bond acceptors (Lipinski definition) is 1. The molecule has 0 bridgehead atoms. The number of hydrogen-bond donors (Lipinski definition) is 1. The van der Waals surface area contributed by atoms with Crippen molar-refractivity contribution in [2.75, 3.05) is 11.9 Å². The highest BCUT2D eigenvalue weighted by Gasteiger charge is 2.03. The second-order valence-electron chi connectivity index (χ2n) is 3.14. The summed E-state index contributed by atoms with van der Waals surface area (Å²) < 4.78 is 0. The monoisotopic (exact) mass is 255 g/mol. The highest BCUT2D eigenvalue weighted by Crippen LogP contribution is 2.07. The van der Waals surface area contributed by atoms with Gasteiger partial charge in [0, 0.05) is 11.9 Å². The van der Waals surface area contributed by atoms with E-state index in [9.17, 15) is 4.79 Å². The van der Waals surface area contributed by atoms with Crippen LogP contribution in [-0.2, 0) is 11.2 Å². The van der Waals surface area contributed by atoms with E-state index in [0.29, 0.717) is 13.0 Å². The highest BCUT2D eigenvalue weighted by atomic mass is 79.9. The zero-order chi connectivity index (χ0) is 10.4. The Hall–Kier alpha value is -0.830. The molecule has 0 heterocycles. The number of benzene rings is 1. The van der Waals surface area contributed by atoms with E-state index in [1.807, 2.05) is 31.2 Å². The second kappa shape index (κ2) is 5.81. The molecule has 1 amide bonds. The van der Waals surface area contributed by atoms with Crippen LogP contribution in [0.3, 0.4) is 0 Å². The molecule has 0 saturated carbocycles. The molecule has 0 atom stereocenters. The Bertz CT molecular complexity index is 312. The summed E-state index contributed by atoms with van der Waals surface area (Å²) in [6, 6.07) is 7.95. The van der Waals surface area contributed by atoms with E-state index >= 15 is 0 Å². The van der Waals surface area contributed by atoms with Crippen molar-refractivity contribution in [3.8, 4) is 0 Å². The maximum atomic E-state index is 11.4. The molecule has 1 N–H and O–H groups in total. The molecule has 0 fully saturated rings. The van der Waals surface area contributed by atoms with E-state index < -0.39 is 0 Å². The van der Waals surface area contributed by atoms with Gasteiger partial charge < -0.3 is 5.32 Å². The quantitative estimate of drug-likeness (QED) is 0.821. The first kappa shape index (κ1) is 11.2. The number of halogens is 1. The van der Waals surface area contributed by atoms with Crippen LogP contribution in [0.5, 0.6) is 0 Å². The fourth-order valence-corrected chi connectivity index (χ4v) is 1.43. The summed E-state index contributed by atoms with van der Waals surface area (Å²) in [6.45, 7) is 2.71. The maximum Gasteiger partial charge on any atom is 0.224 e.